The van der Waals surface area contributed by atoms with Crippen LogP contribution < -0.4 is 0 Å². The summed E-state index contributed by atoms with van der Waals surface area (Å²) >= 11 is 0. The van der Waals surface area contributed by atoms with E-state index in [0.29, 0.717) is 0 Å². The average Bonchev–Trinajstić information content (AvgIpc) is 2.22. The van der Waals surface area contributed by atoms with E-state index in [1.54, 1.807) is 0 Å². The molecule has 0 saturated heterocycles. The van der Waals surface area contributed by atoms with Gasteiger partial charge in [-0.15, -0.1) is 0 Å². The van der Waals surface area contributed by atoms with Gasteiger partial charge in [-0.2, -0.15) is 0 Å². The molecule has 0 N–H and O–H groups in total. The van der Waals surface area contributed by atoms with Gasteiger partial charge in [0.05, 0.1) is 0 Å². The molecule has 0 aliphatic rings. The topological polar surface area (TPSA) is 9.23 Å². The largest absolute Gasteiger partial charge is 0.420 e. The molecule has 0 aliphatic carbocycles. The highest BCUT2D eigenvalue weighted by Gasteiger charge is 2.32. The van der Waals surface area contributed by atoms with Gasteiger partial charge in [0.1, 0.15) is 0 Å². The van der Waals surface area contributed by atoms with Crippen molar-refractivity contribution in [3.05, 3.63) is 0 Å². The maximum absolute atomic E-state index is 5.99. The summed E-state index contributed by atoms with van der Waals surface area (Å²) in [5, 5.41) is 0. The maximum atomic E-state index is 5.99. The molecule has 0 radical (unpaired) electrons. The van der Waals surface area contributed by atoms with Crippen molar-refractivity contribution in [2.24, 2.45) is 5.92 Å². The summed E-state index contributed by atoms with van der Waals surface area (Å²) in [6.07, 6.45) is 5.33. The first-order chi connectivity index (χ1) is 7.10. The zero-order chi connectivity index (χ0) is 11.7. The first-order valence-electron chi connectivity index (χ1n) is 6.65. The monoisotopic (exact) mass is 230 g/mol. The van der Waals surface area contributed by atoms with Crippen LogP contribution in [0.3, 0.4) is 0 Å². The molecule has 0 aliphatic heterocycles. The van der Waals surface area contributed by atoms with E-state index in [1.807, 2.05) is 7.11 Å². The summed E-state index contributed by atoms with van der Waals surface area (Å²) in [6.45, 7) is 9.23. The minimum absolute atomic E-state index is 0.797. The fraction of sp³-hybridized carbons (Fsp3) is 1.00. The third-order valence-corrected chi connectivity index (χ3v) is 8.14. The molecule has 0 unspecified atom stereocenters. The van der Waals surface area contributed by atoms with E-state index in [4.69, 9.17) is 4.43 Å². The van der Waals surface area contributed by atoms with Gasteiger partial charge >= 0.3 is 0 Å². The van der Waals surface area contributed by atoms with E-state index in [2.05, 4.69) is 27.7 Å². The Labute approximate surface area is 97.7 Å². The van der Waals surface area contributed by atoms with E-state index in [0.717, 1.165) is 5.92 Å². The average molecular weight is 230 g/mol. The Kier molecular flexibility index (Phi) is 8.44. The molecule has 0 fully saturated rings. The van der Waals surface area contributed by atoms with Crippen LogP contribution in [0.15, 0.2) is 0 Å². The maximum Gasteiger partial charge on any atom is 0.192 e. The summed E-state index contributed by atoms with van der Waals surface area (Å²) in [6, 6.07) is 4.10. The van der Waals surface area contributed by atoms with Gasteiger partial charge in [0, 0.05) is 7.11 Å². The van der Waals surface area contributed by atoms with Crippen LogP contribution in [0.5, 0.6) is 0 Å². The fourth-order valence-electron chi connectivity index (χ4n) is 2.36. The van der Waals surface area contributed by atoms with Crippen molar-refractivity contribution in [3.8, 4) is 0 Å². The molecular weight excluding hydrogens is 200 g/mol. The quantitative estimate of drug-likeness (QED) is 0.515. The van der Waals surface area contributed by atoms with Gasteiger partial charge in [-0.25, -0.2) is 0 Å². The normalized spacial score (nSPS) is 12.4. The summed E-state index contributed by atoms with van der Waals surface area (Å²) in [4.78, 5) is 0. The van der Waals surface area contributed by atoms with Crippen molar-refractivity contribution in [3.63, 3.8) is 0 Å². The van der Waals surface area contributed by atoms with Gasteiger partial charge in [-0.1, -0.05) is 53.4 Å². The van der Waals surface area contributed by atoms with Gasteiger partial charge in [0.15, 0.2) is 8.32 Å². The molecule has 2 heteroatoms. The number of unbranched alkanes of at least 4 members (excludes halogenated alkanes) is 2. The van der Waals surface area contributed by atoms with Gasteiger partial charge in [-0.3, -0.25) is 0 Å². The van der Waals surface area contributed by atoms with Crippen LogP contribution in [-0.4, -0.2) is 15.4 Å². The van der Waals surface area contributed by atoms with Crippen molar-refractivity contribution >= 4 is 8.32 Å². The Morgan fingerprint density at radius 1 is 1.00 bits per heavy atom. The lowest BCUT2D eigenvalue weighted by Crippen LogP contribution is -2.38. The van der Waals surface area contributed by atoms with E-state index in [-0.39, 0.29) is 0 Å². The third kappa shape index (κ3) is 6.36. The third-order valence-electron chi connectivity index (χ3n) is 3.19. The first-order valence-corrected chi connectivity index (χ1v) is 9.18. The predicted molar refractivity (Wildman–Crippen MR) is 71.8 cm³/mol. The lowest BCUT2D eigenvalue weighted by atomic mass is 10.3. The SMILES string of the molecule is CCCC[Si](CCCC)(CC(C)C)OC. The second kappa shape index (κ2) is 8.34. The molecule has 0 spiro atoms. The number of hydrogen-bond donors (Lipinski definition) is 0. The van der Waals surface area contributed by atoms with Crippen molar-refractivity contribution < 1.29 is 4.43 Å². The molecule has 0 aromatic carbocycles. The van der Waals surface area contributed by atoms with Crippen LogP contribution in [-0.2, 0) is 4.43 Å². The molecule has 0 aromatic rings. The van der Waals surface area contributed by atoms with E-state index < -0.39 is 8.32 Å². The van der Waals surface area contributed by atoms with Crippen LogP contribution in [0, 0.1) is 5.92 Å². The zero-order valence-electron chi connectivity index (χ0n) is 11.4. The highest BCUT2D eigenvalue weighted by Crippen LogP contribution is 2.29. The van der Waals surface area contributed by atoms with Crippen molar-refractivity contribution in [2.45, 2.75) is 71.5 Å². The summed E-state index contributed by atoms with van der Waals surface area (Å²) in [5.74, 6) is 0.797. The number of hydrogen-bond acceptors (Lipinski definition) is 1. The summed E-state index contributed by atoms with van der Waals surface area (Å²) < 4.78 is 5.99. The summed E-state index contributed by atoms with van der Waals surface area (Å²) in [5.41, 5.74) is 0. The van der Waals surface area contributed by atoms with Crippen molar-refractivity contribution in [1.29, 1.82) is 0 Å². The van der Waals surface area contributed by atoms with Gasteiger partial charge < -0.3 is 4.43 Å². The fourth-order valence-corrected chi connectivity index (χ4v) is 7.08. The molecule has 0 atom stereocenters. The highest BCUT2D eigenvalue weighted by atomic mass is 28.4. The van der Waals surface area contributed by atoms with Crippen LogP contribution in [0.4, 0.5) is 0 Å². The Bertz CT molecular complexity index is 137. The molecule has 0 bridgehead atoms. The first kappa shape index (κ1) is 15.2. The molecule has 0 heterocycles. The van der Waals surface area contributed by atoms with Crippen molar-refractivity contribution in [2.75, 3.05) is 7.11 Å². The van der Waals surface area contributed by atoms with Crippen LogP contribution >= 0.6 is 0 Å². The molecule has 0 aromatic heterocycles. The predicted octanol–water partition coefficient (Wildman–Crippen LogP) is 4.83. The molecular formula is C13H30OSi. The van der Waals surface area contributed by atoms with Crippen molar-refractivity contribution in [1.82, 2.24) is 0 Å². The second-order valence-corrected chi connectivity index (χ2v) is 9.37. The van der Waals surface area contributed by atoms with Crippen LogP contribution in [0.2, 0.25) is 18.1 Å². The Morgan fingerprint density at radius 2 is 1.47 bits per heavy atom. The Morgan fingerprint density at radius 3 is 1.73 bits per heavy atom. The molecule has 15 heavy (non-hydrogen) atoms. The minimum atomic E-state index is -1.37. The molecule has 0 saturated carbocycles. The minimum Gasteiger partial charge on any atom is -0.420 e. The summed E-state index contributed by atoms with van der Waals surface area (Å²) in [7, 11) is 0.584. The molecule has 92 valence electrons. The van der Waals surface area contributed by atoms with E-state index >= 15 is 0 Å². The molecule has 1 nitrogen and oxygen atoms in total. The lowest BCUT2D eigenvalue weighted by molar-refractivity contribution is 0.377. The van der Waals surface area contributed by atoms with E-state index in [1.165, 1.54) is 43.8 Å². The number of rotatable bonds is 9. The highest BCUT2D eigenvalue weighted by molar-refractivity contribution is 6.73. The van der Waals surface area contributed by atoms with Crippen LogP contribution in [0.1, 0.15) is 53.4 Å². The smallest absolute Gasteiger partial charge is 0.192 e. The van der Waals surface area contributed by atoms with Crippen LogP contribution in [0.25, 0.3) is 0 Å². The molecule has 0 rings (SSSR count). The lowest BCUT2D eigenvalue weighted by Gasteiger charge is -2.31. The van der Waals surface area contributed by atoms with Gasteiger partial charge in [0.2, 0.25) is 0 Å². The zero-order valence-corrected chi connectivity index (χ0v) is 12.4. The second-order valence-electron chi connectivity index (χ2n) is 5.19. The molecule has 0 amide bonds. The van der Waals surface area contributed by atoms with E-state index in [9.17, 15) is 0 Å². The van der Waals surface area contributed by atoms with Gasteiger partial charge in [-0.05, 0) is 24.1 Å². The van der Waals surface area contributed by atoms with Gasteiger partial charge in [0.25, 0.3) is 0 Å². The standard InChI is InChI=1S/C13H30OSi/c1-6-8-10-15(14-5,11-9-7-2)12-13(3)4/h13H,6-12H2,1-5H3. The Balaban J connectivity index is 4.30. The Hall–Kier alpha value is 0.177.